The summed E-state index contributed by atoms with van der Waals surface area (Å²) in [5.74, 6) is 0.0982. The Morgan fingerprint density at radius 2 is 1.88 bits per heavy atom. The van der Waals surface area contributed by atoms with Gasteiger partial charge in [-0.05, 0) is 74.9 Å². The fraction of sp³-hybridized carbons (Fsp3) is 0.500. The summed E-state index contributed by atoms with van der Waals surface area (Å²) in [4.78, 5) is 48.2. The molecule has 0 saturated heterocycles. The molecule has 13 nitrogen and oxygen atoms in total. The van der Waals surface area contributed by atoms with E-state index >= 15 is 0 Å². The molecule has 0 aromatic heterocycles. The number of aromatic hydroxyl groups is 1. The van der Waals surface area contributed by atoms with Crippen LogP contribution in [0.25, 0.3) is 0 Å². The second kappa shape index (κ2) is 14.3. The molecule has 3 rings (SSSR count). The number of hydrogen-bond donors (Lipinski definition) is 5. The first-order valence-corrected chi connectivity index (χ1v) is 15.3. The molecule has 1 heterocycles. The second-order valence-electron chi connectivity index (χ2n) is 10.6. The number of hydrogen-bond acceptors (Lipinski definition) is 11. The molecular formula is C26H35N5O8S2. The maximum absolute atomic E-state index is 13.0. The largest absolute Gasteiger partial charge is 0.508 e. The van der Waals surface area contributed by atoms with Crippen LogP contribution >= 0.6 is 21.6 Å². The van der Waals surface area contributed by atoms with Crippen LogP contribution in [0.3, 0.4) is 0 Å². The summed E-state index contributed by atoms with van der Waals surface area (Å²) in [6, 6.07) is 6.15. The first kappa shape index (κ1) is 31.9. The summed E-state index contributed by atoms with van der Waals surface area (Å²) in [7, 11) is 2.47. The van der Waals surface area contributed by atoms with Gasteiger partial charge in [-0.15, -0.1) is 0 Å². The smallest absolute Gasteiger partial charge is 0.426 e. The van der Waals surface area contributed by atoms with E-state index in [0.717, 1.165) is 5.56 Å². The Morgan fingerprint density at radius 3 is 2.51 bits per heavy atom. The van der Waals surface area contributed by atoms with Crippen molar-refractivity contribution in [2.45, 2.75) is 58.1 Å². The molecule has 0 unspecified atom stereocenters. The Morgan fingerprint density at radius 1 is 1.17 bits per heavy atom. The van der Waals surface area contributed by atoms with Crippen molar-refractivity contribution < 1.29 is 33.9 Å². The van der Waals surface area contributed by atoms with Crippen LogP contribution in [0.5, 0.6) is 5.75 Å². The number of nitro groups is 1. The maximum atomic E-state index is 13.0. The summed E-state index contributed by atoms with van der Waals surface area (Å²) in [5, 5.41) is 26.9. The highest BCUT2D eigenvalue weighted by Gasteiger charge is 2.51. The van der Waals surface area contributed by atoms with Crippen LogP contribution in [-0.2, 0) is 20.7 Å². The van der Waals surface area contributed by atoms with E-state index in [2.05, 4.69) is 21.5 Å². The predicted octanol–water partition coefficient (Wildman–Crippen LogP) is 3.74. The molecule has 1 atom stereocenters. The first-order valence-electron chi connectivity index (χ1n) is 13.0. The molecule has 0 bridgehead atoms. The third-order valence-electron chi connectivity index (χ3n) is 6.02. The molecule has 0 radical (unpaired) electrons. The van der Waals surface area contributed by atoms with Gasteiger partial charge in [0.15, 0.2) is 5.03 Å². The molecule has 1 fully saturated rings. The van der Waals surface area contributed by atoms with Gasteiger partial charge in [-0.2, -0.15) is 0 Å². The number of nitrogens with zero attached hydrogens (tertiary/aromatic N) is 1. The van der Waals surface area contributed by atoms with E-state index in [0.29, 0.717) is 43.0 Å². The molecule has 1 aliphatic carbocycles. The van der Waals surface area contributed by atoms with Crippen LogP contribution in [0.2, 0.25) is 0 Å². The summed E-state index contributed by atoms with van der Waals surface area (Å²) in [6.45, 7) is 5.80. The highest BCUT2D eigenvalue weighted by atomic mass is 33.1. The zero-order valence-corrected chi connectivity index (χ0v) is 24.7. The van der Waals surface area contributed by atoms with Crippen LogP contribution in [0.15, 0.2) is 47.1 Å². The fourth-order valence-electron chi connectivity index (χ4n) is 3.96. The van der Waals surface area contributed by atoms with E-state index in [9.17, 15) is 29.6 Å². The van der Waals surface area contributed by atoms with Crippen molar-refractivity contribution in [3.63, 3.8) is 0 Å². The lowest BCUT2D eigenvalue weighted by Gasteiger charge is -2.26. The van der Waals surface area contributed by atoms with Crippen LogP contribution in [0.4, 0.5) is 9.59 Å². The molecule has 3 amide bonds. The number of carbonyl (C=O) groups is 3. The minimum atomic E-state index is -0.837. The molecule has 2 aliphatic rings. The van der Waals surface area contributed by atoms with Gasteiger partial charge in [-0.1, -0.05) is 29.0 Å². The Labute approximate surface area is 245 Å². The number of carbonyl (C=O) groups excluding carboxylic acids is 3. The molecule has 1 saturated carbocycles. The predicted molar refractivity (Wildman–Crippen MR) is 155 cm³/mol. The van der Waals surface area contributed by atoms with Crippen LogP contribution in [0, 0.1) is 15.5 Å². The van der Waals surface area contributed by atoms with E-state index in [1.807, 2.05) is 0 Å². The minimum Gasteiger partial charge on any atom is -0.508 e. The van der Waals surface area contributed by atoms with E-state index in [1.165, 1.54) is 27.7 Å². The Balaban J connectivity index is 1.46. The highest BCUT2D eigenvalue weighted by Crippen LogP contribution is 2.50. The standard InChI is InChI=1S/C26H35N5O8S2/c1-25(2,3)39-23(34)28-18(15-17-6-8-19(32)9-7-17)16-26(10-11-26)22(33)29-30-24(35)38-13-14-40-41-21-20(31(36)37)5-4-12-27-21/h4-9,18,27,32H,10-16H2,1-3H3,(H,28,34)(H,29,33)(H,30,35)/t18-/m0/s1. The normalized spacial score (nSPS) is 16.2. The maximum Gasteiger partial charge on any atom is 0.426 e. The van der Waals surface area contributed by atoms with Crippen molar-refractivity contribution in [1.29, 1.82) is 0 Å². The average molecular weight is 610 g/mol. The van der Waals surface area contributed by atoms with Gasteiger partial charge >= 0.3 is 12.2 Å². The van der Waals surface area contributed by atoms with Crippen molar-refractivity contribution in [1.82, 2.24) is 21.5 Å². The lowest BCUT2D eigenvalue weighted by molar-refractivity contribution is -0.420. The van der Waals surface area contributed by atoms with E-state index in [1.54, 1.807) is 51.1 Å². The minimum absolute atomic E-state index is 0.0178. The second-order valence-corrected chi connectivity index (χ2v) is 13.0. The van der Waals surface area contributed by atoms with Gasteiger partial charge in [0, 0.05) is 24.4 Å². The number of nitrogens with one attached hydrogen (secondary N) is 4. The van der Waals surface area contributed by atoms with Gasteiger partial charge in [0.05, 0.1) is 10.3 Å². The Hall–Kier alpha value is -3.59. The van der Waals surface area contributed by atoms with Crippen molar-refractivity contribution in [3.05, 3.63) is 62.8 Å². The number of phenolic OH excluding ortho intramolecular Hbond substituents is 1. The molecule has 1 aliphatic heterocycles. The number of hydrazine groups is 1. The summed E-state index contributed by atoms with van der Waals surface area (Å²) < 4.78 is 10.5. The monoisotopic (exact) mass is 609 g/mol. The van der Waals surface area contributed by atoms with Gasteiger partial charge in [-0.25, -0.2) is 15.0 Å². The molecule has 224 valence electrons. The van der Waals surface area contributed by atoms with Gasteiger partial charge < -0.3 is 25.2 Å². The zero-order valence-electron chi connectivity index (χ0n) is 23.1. The van der Waals surface area contributed by atoms with Gasteiger partial charge in [0.2, 0.25) is 5.91 Å². The number of ether oxygens (including phenoxy) is 2. The average Bonchev–Trinajstić information content (AvgIpc) is 3.68. The van der Waals surface area contributed by atoms with Crippen LogP contribution in [-0.4, -0.2) is 58.7 Å². The third kappa shape index (κ3) is 10.7. The van der Waals surface area contributed by atoms with Crippen LogP contribution < -0.4 is 21.5 Å². The number of allylic oxidation sites excluding steroid dienone is 1. The van der Waals surface area contributed by atoms with Crippen LogP contribution in [0.1, 0.15) is 45.6 Å². The first-order chi connectivity index (χ1) is 19.4. The van der Waals surface area contributed by atoms with Crippen molar-refractivity contribution in [2.24, 2.45) is 5.41 Å². The lowest BCUT2D eigenvalue weighted by Crippen LogP contribution is -2.48. The Kier molecular flexibility index (Phi) is 11.2. The quantitative estimate of drug-likeness (QED) is 0.101. The van der Waals surface area contributed by atoms with Crippen molar-refractivity contribution in [3.8, 4) is 5.75 Å². The fourth-order valence-corrected chi connectivity index (χ4v) is 5.92. The number of dihydropyridines is 1. The molecule has 1 aromatic rings. The van der Waals surface area contributed by atoms with Gasteiger partial charge in [0.1, 0.15) is 18.0 Å². The van der Waals surface area contributed by atoms with E-state index in [4.69, 9.17) is 9.47 Å². The summed E-state index contributed by atoms with van der Waals surface area (Å²) in [6.07, 6.45) is 3.55. The molecule has 15 heteroatoms. The number of benzene rings is 1. The number of alkyl carbamates (subject to hydrolysis) is 1. The van der Waals surface area contributed by atoms with E-state index in [-0.39, 0.29) is 18.1 Å². The summed E-state index contributed by atoms with van der Waals surface area (Å²) in [5.41, 5.74) is 4.04. The molecule has 41 heavy (non-hydrogen) atoms. The SMILES string of the molecule is CC(C)(C)OC(=O)N[C@@H](Cc1ccc(O)cc1)CC1(C(=O)NNC(=O)OCCSSC2=C([N+](=O)[O-])C=CCN2)CC1. The number of rotatable bonds is 12. The summed E-state index contributed by atoms with van der Waals surface area (Å²) >= 11 is 0. The van der Waals surface area contributed by atoms with Crippen molar-refractivity contribution in [2.75, 3.05) is 18.9 Å². The number of phenols is 1. The lowest BCUT2D eigenvalue weighted by atomic mass is 9.92. The van der Waals surface area contributed by atoms with E-state index < -0.39 is 40.1 Å². The molecule has 1 aromatic carbocycles. The van der Waals surface area contributed by atoms with Crippen molar-refractivity contribution >= 4 is 39.7 Å². The van der Waals surface area contributed by atoms with Gasteiger partial charge in [0.25, 0.3) is 5.70 Å². The van der Waals surface area contributed by atoms with Gasteiger partial charge in [-0.3, -0.25) is 20.3 Å². The highest BCUT2D eigenvalue weighted by molar-refractivity contribution is 8.78. The number of amides is 3. The molecule has 5 N–H and O–H groups in total. The zero-order chi connectivity index (χ0) is 30.0. The third-order valence-corrected chi connectivity index (χ3v) is 8.34. The molecular weight excluding hydrogens is 574 g/mol. The Bertz CT molecular complexity index is 1180. The molecule has 0 spiro atoms. The topological polar surface area (TPSA) is 181 Å².